The van der Waals surface area contributed by atoms with E-state index in [9.17, 15) is 8.42 Å². The zero-order valence-corrected chi connectivity index (χ0v) is 18.0. The second kappa shape index (κ2) is 7.54. The monoisotopic (exact) mass is 412 g/mol. The number of sulfonamides is 1. The van der Waals surface area contributed by atoms with E-state index in [4.69, 9.17) is 0 Å². The topological polar surface area (TPSA) is 87.7 Å². The Labute approximate surface area is 172 Å². The van der Waals surface area contributed by atoms with Crippen molar-refractivity contribution in [3.8, 4) is 11.3 Å². The second-order valence-electron chi connectivity index (χ2n) is 8.87. The highest BCUT2D eigenvalue weighted by Crippen LogP contribution is 2.36. The number of aromatic amines is 1. The lowest BCUT2D eigenvalue weighted by Gasteiger charge is -2.31. The van der Waals surface area contributed by atoms with Crippen molar-refractivity contribution < 1.29 is 8.42 Å². The van der Waals surface area contributed by atoms with Gasteiger partial charge in [0, 0.05) is 35.1 Å². The highest BCUT2D eigenvalue weighted by Gasteiger charge is 2.33. The maximum atomic E-state index is 12.4. The lowest BCUT2D eigenvalue weighted by atomic mass is 9.84. The van der Waals surface area contributed by atoms with Gasteiger partial charge in [-0.2, -0.15) is 0 Å². The molecule has 154 valence electrons. The lowest BCUT2D eigenvalue weighted by molar-refractivity contribution is 0.368. The quantitative estimate of drug-likeness (QED) is 0.666. The summed E-state index contributed by atoms with van der Waals surface area (Å²) in [5, 5.41) is 1.13. The van der Waals surface area contributed by atoms with Gasteiger partial charge >= 0.3 is 0 Å². The molecule has 0 bridgehead atoms. The molecular formula is C22H28N4O2S. The summed E-state index contributed by atoms with van der Waals surface area (Å²) >= 11 is 0. The molecule has 6 nitrogen and oxygen atoms in total. The molecule has 0 aliphatic heterocycles. The first-order valence-electron chi connectivity index (χ1n) is 10.1. The minimum Gasteiger partial charge on any atom is -0.357 e. The molecule has 29 heavy (non-hydrogen) atoms. The molecule has 3 aromatic heterocycles. The van der Waals surface area contributed by atoms with Crippen LogP contribution in [0.15, 0.2) is 42.9 Å². The second-order valence-corrected chi connectivity index (χ2v) is 11.3. The smallest absolute Gasteiger partial charge is 0.216 e. The van der Waals surface area contributed by atoms with Crippen LogP contribution in [0.5, 0.6) is 0 Å². The number of pyridine rings is 2. The van der Waals surface area contributed by atoms with E-state index >= 15 is 0 Å². The summed E-state index contributed by atoms with van der Waals surface area (Å²) in [7, 11) is -3.31. The number of fused-ring (bicyclic) bond motifs is 1. The summed E-state index contributed by atoms with van der Waals surface area (Å²) in [6.45, 7) is 5.20. The molecule has 0 spiro atoms. The van der Waals surface area contributed by atoms with Gasteiger partial charge in [0.1, 0.15) is 0 Å². The van der Waals surface area contributed by atoms with Gasteiger partial charge in [-0.3, -0.25) is 9.97 Å². The third kappa shape index (κ3) is 4.07. The van der Waals surface area contributed by atoms with Crippen LogP contribution < -0.4 is 4.72 Å². The minimum atomic E-state index is -3.31. The van der Waals surface area contributed by atoms with Gasteiger partial charge in [0.05, 0.1) is 22.2 Å². The molecule has 0 unspecified atom stereocenters. The fraction of sp³-hybridized carbons (Fsp3) is 0.455. The summed E-state index contributed by atoms with van der Waals surface area (Å²) in [4.78, 5) is 12.4. The molecule has 0 radical (unpaired) electrons. The van der Waals surface area contributed by atoms with Crippen LogP contribution in [-0.2, 0) is 10.0 Å². The van der Waals surface area contributed by atoms with Gasteiger partial charge < -0.3 is 4.98 Å². The standard InChI is InChI=1S/C22H28N4O2S/c1-22(2,3)29(27,28)26-16-9-7-15(8-10-16)20-12-17-18(13-23-14-21(17)25-20)19-6-4-5-11-24-19/h4-6,11-16,25-26H,7-10H2,1-3H3. The predicted molar refractivity (Wildman–Crippen MR) is 116 cm³/mol. The van der Waals surface area contributed by atoms with Crippen LogP contribution >= 0.6 is 0 Å². The van der Waals surface area contributed by atoms with Crippen molar-refractivity contribution in [2.45, 2.75) is 63.2 Å². The number of nitrogens with zero attached hydrogens (tertiary/aromatic N) is 2. The van der Waals surface area contributed by atoms with E-state index < -0.39 is 14.8 Å². The Balaban J connectivity index is 1.51. The maximum absolute atomic E-state index is 12.4. The molecule has 1 aliphatic carbocycles. The Morgan fingerprint density at radius 3 is 2.52 bits per heavy atom. The van der Waals surface area contributed by atoms with E-state index in [1.54, 1.807) is 27.0 Å². The van der Waals surface area contributed by atoms with Crippen LogP contribution in [0.1, 0.15) is 58.1 Å². The summed E-state index contributed by atoms with van der Waals surface area (Å²) in [6, 6.07) is 8.12. The summed E-state index contributed by atoms with van der Waals surface area (Å²) in [5.41, 5.74) is 4.15. The molecule has 0 aromatic carbocycles. The van der Waals surface area contributed by atoms with Gasteiger partial charge in [0.2, 0.25) is 10.0 Å². The van der Waals surface area contributed by atoms with Gasteiger partial charge in [0.15, 0.2) is 0 Å². The normalized spacial score (nSPS) is 20.8. The van der Waals surface area contributed by atoms with E-state index in [0.717, 1.165) is 47.8 Å². The summed E-state index contributed by atoms with van der Waals surface area (Å²) in [6.07, 6.45) is 9.12. The maximum Gasteiger partial charge on any atom is 0.216 e. The molecule has 1 fully saturated rings. The molecule has 0 atom stereocenters. The predicted octanol–water partition coefficient (Wildman–Crippen LogP) is 4.37. The van der Waals surface area contributed by atoms with Crippen LogP contribution in [0.25, 0.3) is 22.2 Å². The Morgan fingerprint density at radius 2 is 1.86 bits per heavy atom. The summed E-state index contributed by atoms with van der Waals surface area (Å²) < 4.78 is 27.0. The van der Waals surface area contributed by atoms with Crippen molar-refractivity contribution in [1.29, 1.82) is 0 Å². The van der Waals surface area contributed by atoms with E-state index in [1.165, 1.54) is 5.69 Å². The molecule has 2 N–H and O–H groups in total. The third-order valence-electron chi connectivity index (χ3n) is 5.80. The average Bonchev–Trinajstić information content (AvgIpc) is 3.12. The van der Waals surface area contributed by atoms with Gasteiger partial charge in [-0.15, -0.1) is 0 Å². The summed E-state index contributed by atoms with van der Waals surface area (Å²) in [5.74, 6) is 0.398. The highest BCUT2D eigenvalue weighted by molar-refractivity contribution is 7.90. The Kier molecular flexibility index (Phi) is 5.21. The number of aromatic nitrogens is 3. The van der Waals surface area contributed by atoms with Crippen molar-refractivity contribution in [3.05, 3.63) is 48.5 Å². The van der Waals surface area contributed by atoms with Gasteiger partial charge in [0.25, 0.3) is 0 Å². The van der Waals surface area contributed by atoms with Crippen LogP contribution in [0.2, 0.25) is 0 Å². The van der Waals surface area contributed by atoms with Gasteiger partial charge in [-0.05, 0) is 70.6 Å². The van der Waals surface area contributed by atoms with Crippen molar-refractivity contribution >= 4 is 20.9 Å². The Morgan fingerprint density at radius 1 is 1.10 bits per heavy atom. The van der Waals surface area contributed by atoms with Gasteiger partial charge in [-0.1, -0.05) is 6.07 Å². The largest absolute Gasteiger partial charge is 0.357 e. The van der Waals surface area contributed by atoms with Crippen LogP contribution in [0.4, 0.5) is 0 Å². The Bertz CT molecular complexity index is 1090. The average molecular weight is 413 g/mol. The van der Waals surface area contributed by atoms with Crippen LogP contribution in [0.3, 0.4) is 0 Å². The number of hydrogen-bond donors (Lipinski definition) is 2. The lowest BCUT2D eigenvalue weighted by Crippen LogP contribution is -2.45. The zero-order valence-electron chi connectivity index (χ0n) is 17.1. The van der Waals surface area contributed by atoms with Crippen molar-refractivity contribution in [3.63, 3.8) is 0 Å². The minimum absolute atomic E-state index is 0.0191. The molecule has 1 saturated carbocycles. The van der Waals surface area contributed by atoms with Crippen molar-refractivity contribution in [2.75, 3.05) is 0 Å². The molecule has 3 aromatic rings. The van der Waals surface area contributed by atoms with Crippen LogP contribution in [-0.4, -0.2) is 34.2 Å². The first-order valence-corrected chi connectivity index (χ1v) is 11.6. The first kappa shape index (κ1) is 20.0. The fourth-order valence-corrected chi connectivity index (χ4v) is 4.97. The Hall–Kier alpha value is -2.25. The number of H-pyrrole nitrogens is 1. The highest BCUT2D eigenvalue weighted by atomic mass is 32.2. The van der Waals surface area contributed by atoms with E-state index in [1.807, 2.05) is 30.6 Å². The first-order chi connectivity index (χ1) is 13.7. The zero-order chi connectivity index (χ0) is 20.6. The SMILES string of the molecule is CC(C)(C)S(=O)(=O)NC1CCC(c2cc3c(-c4ccccn4)cncc3[nH]2)CC1. The number of rotatable bonds is 4. The molecule has 0 saturated heterocycles. The number of hydrogen-bond acceptors (Lipinski definition) is 4. The third-order valence-corrected chi connectivity index (χ3v) is 8.06. The van der Waals surface area contributed by atoms with Crippen molar-refractivity contribution in [1.82, 2.24) is 19.7 Å². The molecule has 4 rings (SSSR count). The molecule has 1 aliphatic rings. The van der Waals surface area contributed by atoms with E-state index in [0.29, 0.717) is 5.92 Å². The molecule has 7 heteroatoms. The van der Waals surface area contributed by atoms with E-state index in [-0.39, 0.29) is 6.04 Å². The number of nitrogens with one attached hydrogen (secondary N) is 2. The van der Waals surface area contributed by atoms with E-state index in [2.05, 4.69) is 25.7 Å². The van der Waals surface area contributed by atoms with Crippen molar-refractivity contribution in [2.24, 2.45) is 0 Å². The molecular weight excluding hydrogens is 384 g/mol. The van der Waals surface area contributed by atoms with Crippen LogP contribution in [0, 0.1) is 0 Å². The molecule has 3 heterocycles. The fourth-order valence-electron chi connectivity index (χ4n) is 3.94. The van der Waals surface area contributed by atoms with Gasteiger partial charge in [-0.25, -0.2) is 13.1 Å². The molecule has 0 amide bonds.